The fourth-order valence-corrected chi connectivity index (χ4v) is 5.03. The third-order valence-electron chi connectivity index (χ3n) is 5.49. The lowest BCUT2D eigenvalue weighted by Gasteiger charge is -2.26. The molecule has 0 unspecified atom stereocenters. The van der Waals surface area contributed by atoms with Gasteiger partial charge in [0.15, 0.2) is 13.2 Å². The van der Waals surface area contributed by atoms with Crippen LogP contribution in [0.2, 0.25) is 0 Å². The highest BCUT2D eigenvalue weighted by molar-refractivity contribution is 7.89. The summed E-state index contributed by atoms with van der Waals surface area (Å²) in [6, 6.07) is 12.0. The predicted octanol–water partition coefficient (Wildman–Crippen LogP) is 3.29. The molecule has 1 heterocycles. The smallest absolute Gasteiger partial charge is 0.344 e. The van der Waals surface area contributed by atoms with E-state index in [9.17, 15) is 18.0 Å². The van der Waals surface area contributed by atoms with Crippen molar-refractivity contribution in [1.82, 2.24) is 4.31 Å². The second kappa shape index (κ2) is 11.3. The number of benzene rings is 2. The van der Waals surface area contributed by atoms with E-state index in [4.69, 9.17) is 9.47 Å². The predicted molar refractivity (Wildman–Crippen MR) is 125 cm³/mol. The number of hydrogen-bond donors (Lipinski definition) is 1. The fraction of sp³-hybridized carbons (Fsp3) is 0.417. The molecule has 1 N–H and O–H groups in total. The SMILES string of the molecule is CCc1ccc(OCC(=O)OCC(=O)Nc2cc(S(=O)(=O)N3CCCCC3)ccc2C)cc1. The largest absolute Gasteiger partial charge is 0.482 e. The number of carbonyl (C=O) groups excluding carboxylic acids is 2. The van der Waals surface area contributed by atoms with Crippen LogP contribution in [0.25, 0.3) is 0 Å². The maximum atomic E-state index is 12.9. The molecule has 178 valence electrons. The third kappa shape index (κ3) is 6.79. The molecule has 1 aliphatic rings. The maximum absolute atomic E-state index is 12.9. The summed E-state index contributed by atoms with van der Waals surface area (Å²) in [6.07, 6.45) is 3.61. The minimum Gasteiger partial charge on any atom is -0.482 e. The number of piperidine rings is 1. The van der Waals surface area contributed by atoms with E-state index in [0.717, 1.165) is 31.2 Å². The first-order valence-corrected chi connectivity index (χ1v) is 12.5. The number of hydrogen-bond acceptors (Lipinski definition) is 6. The van der Waals surface area contributed by atoms with Gasteiger partial charge < -0.3 is 14.8 Å². The van der Waals surface area contributed by atoms with E-state index in [-0.39, 0.29) is 11.5 Å². The zero-order valence-corrected chi connectivity index (χ0v) is 19.8. The Kier molecular flexibility index (Phi) is 8.46. The Hall–Kier alpha value is -2.91. The van der Waals surface area contributed by atoms with Gasteiger partial charge in [0.05, 0.1) is 4.90 Å². The Morgan fingerprint density at radius 1 is 1.00 bits per heavy atom. The van der Waals surface area contributed by atoms with Crippen molar-refractivity contribution < 1.29 is 27.5 Å². The Morgan fingerprint density at radius 3 is 2.36 bits per heavy atom. The molecule has 3 rings (SSSR count). The summed E-state index contributed by atoms with van der Waals surface area (Å²) in [5.41, 5.74) is 2.22. The summed E-state index contributed by atoms with van der Waals surface area (Å²) >= 11 is 0. The van der Waals surface area contributed by atoms with Gasteiger partial charge in [0.2, 0.25) is 10.0 Å². The molecule has 8 nitrogen and oxygen atoms in total. The van der Waals surface area contributed by atoms with Crippen molar-refractivity contribution in [2.75, 3.05) is 31.6 Å². The van der Waals surface area contributed by atoms with Crippen LogP contribution in [0.1, 0.15) is 37.3 Å². The molecular weight excluding hydrogens is 444 g/mol. The van der Waals surface area contributed by atoms with E-state index in [1.165, 1.54) is 10.4 Å². The molecule has 0 aromatic heterocycles. The highest BCUT2D eigenvalue weighted by Gasteiger charge is 2.26. The summed E-state index contributed by atoms with van der Waals surface area (Å²) in [5.74, 6) is -0.704. The molecule has 0 atom stereocenters. The van der Waals surface area contributed by atoms with E-state index in [1.807, 2.05) is 19.1 Å². The molecule has 9 heteroatoms. The molecule has 0 spiro atoms. The summed E-state index contributed by atoms with van der Waals surface area (Å²) in [6.45, 7) is 3.98. The van der Waals surface area contributed by atoms with E-state index >= 15 is 0 Å². The quantitative estimate of drug-likeness (QED) is 0.560. The second-order valence-corrected chi connectivity index (χ2v) is 9.87. The maximum Gasteiger partial charge on any atom is 0.344 e. The normalized spacial score (nSPS) is 14.5. The number of anilines is 1. The van der Waals surface area contributed by atoms with E-state index in [1.54, 1.807) is 31.2 Å². The van der Waals surface area contributed by atoms with Crippen molar-refractivity contribution in [2.45, 2.75) is 44.4 Å². The Morgan fingerprint density at radius 2 is 1.70 bits per heavy atom. The van der Waals surface area contributed by atoms with Gasteiger partial charge in [-0.25, -0.2) is 13.2 Å². The monoisotopic (exact) mass is 474 g/mol. The van der Waals surface area contributed by atoms with Crippen molar-refractivity contribution in [3.05, 3.63) is 53.6 Å². The van der Waals surface area contributed by atoms with Crippen LogP contribution >= 0.6 is 0 Å². The van der Waals surface area contributed by atoms with E-state index in [0.29, 0.717) is 30.1 Å². The molecular formula is C24H30N2O6S. The number of amides is 1. The standard InChI is InChI=1S/C24H30N2O6S/c1-3-19-8-10-20(11-9-19)31-17-24(28)32-16-23(27)25-22-15-21(12-7-18(22)2)33(29,30)26-13-5-4-6-14-26/h7-12,15H,3-6,13-14,16-17H2,1-2H3,(H,25,27). The molecule has 1 fully saturated rings. The minimum absolute atomic E-state index is 0.129. The number of carbonyl (C=O) groups is 2. The average molecular weight is 475 g/mol. The number of nitrogens with zero attached hydrogens (tertiary/aromatic N) is 1. The van der Waals surface area contributed by atoms with Gasteiger partial charge in [-0.2, -0.15) is 4.31 Å². The topological polar surface area (TPSA) is 102 Å². The molecule has 33 heavy (non-hydrogen) atoms. The van der Waals surface area contributed by atoms with Crippen LogP contribution in [0, 0.1) is 6.92 Å². The molecule has 0 radical (unpaired) electrons. The number of esters is 1. The third-order valence-corrected chi connectivity index (χ3v) is 7.38. The Bertz CT molecular complexity index is 1080. The molecule has 0 aliphatic carbocycles. The van der Waals surface area contributed by atoms with Crippen LogP contribution in [0.5, 0.6) is 5.75 Å². The van der Waals surface area contributed by atoms with Crippen molar-refractivity contribution >= 4 is 27.6 Å². The van der Waals surface area contributed by atoms with Crippen molar-refractivity contribution in [3.63, 3.8) is 0 Å². The van der Waals surface area contributed by atoms with Gasteiger partial charge in [-0.3, -0.25) is 4.79 Å². The summed E-state index contributed by atoms with van der Waals surface area (Å²) in [7, 11) is -3.62. The zero-order valence-electron chi connectivity index (χ0n) is 19.0. The van der Waals surface area contributed by atoms with Crippen LogP contribution in [-0.4, -0.2) is 50.9 Å². The van der Waals surface area contributed by atoms with E-state index < -0.39 is 28.5 Å². The number of sulfonamides is 1. The average Bonchev–Trinajstić information content (AvgIpc) is 2.83. The lowest BCUT2D eigenvalue weighted by Crippen LogP contribution is -2.35. The van der Waals surface area contributed by atoms with Gasteiger partial charge >= 0.3 is 5.97 Å². The van der Waals surface area contributed by atoms with Crippen molar-refractivity contribution in [3.8, 4) is 5.75 Å². The van der Waals surface area contributed by atoms with Crippen molar-refractivity contribution in [1.29, 1.82) is 0 Å². The van der Waals surface area contributed by atoms with Crippen LogP contribution in [-0.2, 0) is 30.8 Å². The van der Waals surface area contributed by atoms with Crippen LogP contribution in [0.4, 0.5) is 5.69 Å². The molecule has 1 aliphatic heterocycles. The molecule has 0 bridgehead atoms. The number of rotatable bonds is 9. The van der Waals surface area contributed by atoms with Crippen LogP contribution in [0.15, 0.2) is 47.4 Å². The first kappa shape index (κ1) is 24.7. The summed E-state index contributed by atoms with van der Waals surface area (Å²) in [5, 5.41) is 2.63. The molecule has 1 saturated heterocycles. The highest BCUT2D eigenvalue weighted by atomic mass is 32.2. The van der Waals surface area contributed by atoms with E-state index in [2.05, 4.69) is 5.32 Å². The zero-order chi connectivity index (χ0) is 23.8. The van der Waals surface area contributed by atoms with Gasteiger partial charge in [-0.15, -0.1) is 0 Å². The van der Waals surface area contributed by atoms with Gasteiger partial charge in [-0.05, 0) is 61.6 Å². The van der Waals surface area contributed by atoms with Gasteiger partial charge in [-0.1, -0.05) is 31.5 Å². The first-order chi connectivity index (χ1) is 15.8. The molecule has 2 aromatic rings. The molecule has 1 amide bonds. The molecule has 0 saturated carbocycles. The lowest BCUT2D eigenvalue weighted by molar-refractivity contribution is -0.149. The second-order valence-electron chi connectivity index (χ2n) is 7.94. The lowest BCUT2D eigenvalue weighted by atomic mass is 10.2. The minimum atomic E-state index is -3.62. The number of ether oxygens (including phenoxy) is 2. The molecule has 2 aromatic carbocycles. The van der Waals surface area contributed by atoms with Crippen molar-refractivity contribution in [2.24, 2.45) is 0 Å². The fourth-order valence-electron chi connectivity index (χ4n) is 3.49. The highest BCUT2D eigenvalue weighted by Crippen LogP contribution is 2.25. The summed E-state index contributed by atoms with van der Waals surface area (Å²) < 4.78 is 37.6. The van der Waals surface area contributed by atoms with Gasteiger partial charge in [0.25, 0.3) is 5.91 Å². The van der Waals surface area contributed by atoms with Gasteiger partial charge in [0.1, 0.15) is 5.75 Å². The van der Waals surface area contributed by atoms with Crippen LogP contribution < -0.4 is 10.1 Å². The van der Waals surface area contributed by atoms with Gasteiger partial charge in [0, 0.05) is 18.8 Å². The Labute approximate surface area is 194 Å². The Balaban J connectivity index is 1.53. The number of aryl methyl sites for hydroxylation is 2. The number of nitrogens with one attached hydrogen (secondary N) is 1. The summed E-state index contributed by atoms with van der Waals surface area (Å²) in [4.78, 5) is 24.3. The van der Waals surface area contributed by atoms with Crippen LogP contribution in [0.3, 0.4) is 0 Å². The first-order valence-electron chi connectivity index (χ1n) is 11.1.